The molecule has 0 spiro atoms. The highest BCUT2D eigenvalue weighted by atomic mass is 19.1. The largest absolute Gasteiger partial charge is 0.390 e. The van der Waals surface area contributed by atoms with E-state index in [1.165, 1.54) is 17.7 Å². The van der Waals surface area contributed by atoms with Gasteiger partial charge < -0.3 is 20.6 Å². The molecule has 2 aromatic carbocycles. The van der Waals surface area contributed by atoms with Crippen molar-refractivity contribution in [2.45, 2.75) is 45.4 Å². The average molecular weight is 503 g/mol. The first-order valence-corrected chi connectivity index (χ1v) is 12.5. The van der Waals surface area contributed by atoms with Gasteiger partial charge >= 0.3 is 0 Å². The topological polar surface area (TPSA) is 84.9 Å². The predicted octanol–water partition coefficient (Wildman–Crippen LogP) is 1.87. The number of aryl methyl sites for hydroxylation is 1. The van der Waals surface area contributed by atoms with Gasteiger partial charge in [-0.05, 0) is 48.6 Å². The number of rotatable bonds is 12. The van der Waals surface area contributed by atoms with Gasteiger partial charge in [-0.1, -0.05) is 31.2 Å². The van der Waals surface area contributed by atoms with Crippen LogP contribution < -0.4 is 10.6 Å². The molecule has 196 valence electrons. The van der Waals surface area contributed by atoms with Crippen LogP contribution in [0.2, 0.25) is 0 Å². The number of nitrogens with one attached hydrogen (secondary N) is 2. The van der Waals surface area contributed by atoms with Crippen molar-refractivity contribution >= 4 is 11.8 Å². The quantitative estimate of drug-likeness (QED) is 0.413. The zero-order chi connectivity index (χ0) is 26.1. The molecule has 1 heterocycles. The summed E-state index contributed by atoms with van der Waals surface area (Å²) in [5.41, 5.74) is 2.62. The number of nitrogens with zero attached hydrogens (tertiary/aromatic N) is 2. The fourth-order valence-corrected chi connectivity index (χ4v) is 4.41. The van der Waals surface area contributed by atoms with E-state index in [1.807, 2.05) is 19.1 Å². The van der Waals surface area contributed by atoms with Gasteiger partial charge in [-0.2, -0.15) is 0 Å². The number of piperazine rings is 1. The molecule has 1 fully saturated rings. The molecule has 0 aromatic heterocycles. The number of likely N-dealkylation sites (N-methyl/N-ethyl adjacent to an activating group) is 1. The molecule has 3 rings (SSSR count). The molecule has 36 heavy (non-hydrogen) atoms. The fourth-order valence-electron chi connectivity index (χ4n) is 4.41. The predicted molar refractivity (Wildman–Crippen MR) is 134 cm³/mol. The summed E-state index contributed by atoms with van der Waals surface area (Å²) in [5, 5.41) is 16.9. The summed E-state index contributed by atoms with van der Waals surface area (Å²) in [6.45, 7) is 6.62. The Morgan fingerprint density at radius 3 is 2.44 bits per heavy atom. The molecule has 0 saturated carbocycles. The third kappa shape index (κ3) is 8.36. The van der Waals surface area contributed by atoms with Crippen molar-refractivity contribution in [3.8, 4) is 0 Å². The first-order chi connectivity index (χ1) is 17.3. The van der Waals surface area contributed by atoms with Crippen molar-refractivity contribution < 1.29 is 23.5 Å². The van der Waals surface area contributed by atoms with Gasteiger partial charge in [-0.25, -0.2) is 8.78 Å². The van der Waals surface area contributed by atoms with Crippen LogP contribution in [0.1, 0.15) is 30.5 Å². The van der Waals surface area contributed by atoms with Gasteiger partial charge in [-0.3, -0.25) is 14.5 Å². The monoisotopic (exact) mass is 502 g/mol. The molecular formula is C27H36F2N4O3. The van der Waals surface area contributed by atoms with E-state index in [0.717, 1.165) is 18.1 Å². The number of benzene rings is 2. The van der Waals surface area contributed by atoms with Gasteiger partial charge in [0.2, 0.25) is 11.8 Å². The second kappa shape index (κ2) is 13.4. The number of aliphatic hydroxyl groups excluding tert-OH is 1. The minimum atomic E-state index is -1.01. The van der Waals surface area contributed by atoms with Crippen LogP contribution in [-0.4, -0.2) is 78.1 Å². The number of amides is 2. The summed E-state index contributed by atoms with van der Waals surface area (Å²) in [6, 6.07) is 10.5. The van der Waals surface area contributed by atoms with E-state index in [-0.39, 0.29) is 37.9 Å². The van der Waals surface area contributed by atoms with Crippen molar-refractivity contribution in [2.24, 2.45) is 0 Å². The van der Waals surface area contributed by atoms with Gasteiger partial charge in [-0.15, -0.1) is 0 Å². The Morgan fingerprint density at radius 1 is 1.06 bits per heavy atom. The van der Waals surface area contributed by atoms with Crippen LogP contribution in [0.3, 0.4) is 0 Å². The van der Waals surface area contributed by atoms with E-state index in [9.17, 15) is 23.5 Å². The normalized spacial score (nSPS) is 16.1. The summed E-state index contributed by atoms with van der Waals surface area (Å²) < 4.78 is 27.5. The van der Waals surface area contributed by atoms with Crippen molar-refractivity contribution in [1.29, 1.82) is 0 Å². The van der Waals surface area contributed by atoms with Crippen LogP contribution in [-0.2, 0) is 29.0 Å². The number of halogens is 2. The summed E-state index contributed by atoms with van der Waals surface area (Å²) in [4.78, 5) is 28.5. The molecule has 2 unspecified atom stereocenters. The third-order valence-electron chi connectivity index (χ3n) is 6.42. The molecule has 1 saturated heterocycles. The lowest BCUT2D eigenvalue weighted by atomic mass is 10.0. The Kier molecular flexibility index (Phi) is 10.3. The van der Waals surface area contributed by atoms with Crippen molar-refractivity contribution in [3.05, 3.63) is 70.8 Å². The summed E-state index contributed by atoms with van der Waals surface area (Å²) in [6.07, 6.45) is -0.0291. The maximum atomic E-state index is 13.8. The average Bonchev–Trinajstić information content (AvgIpc) is 2.83. The lowest BCUT2D eigenvalue weighted by Crippen LogP contribution is -2.55. The Hall–Kier alpha value is -2.88. The number of hydrogen-bond donors (Lipinski definition) is 3. The molecule has 1 aliphatic heterocycles. The maximum Gasteiger partial charge on any atom is 0.236 e. The molecular weight excluding hydrogens is 466 g/mol. The zero-order valence-electron chi connectivity index (χ0n) is 21.0. The molecule has 2 amide bonds. The third-order valence-corrected chi connectivity index (χ3v) is 6.42. The zero-order valence-corrected chi connectivity index (χ0v) is 21.0. The van der Waals surface area contributed by atoms with Crippen LogP contribution in [0.25, 0.3) is 0 Å². The van der Waals surface area contributed by atoms with E-state index in [0.29, 0.717) is 31.7 Å². The Labute approximate surface area is 211 Å². The lowest BCUT2D eigenvalue weighted by Gasteiger charge is -2.33. The van der Waals surface area contributed by atoms with Crippen LogP contribution in [0.5, 0.6) is 0 Å². The standard InChI is InChI=1S/C27H36F2N4O3/c1-3-19-6-5-7-20(10-19)15-30-16-25(34)24(13-21-11-22(28)14-23(29)12-21)31-26(35)17-32-8-9-33(4-2)27(36)18-32/h5-7,10-12,14,24-25,30,34H,3-4,8-9,13,15-18H2,1-2H3,(H,31,35). The van der Waals surface area contributed by atoms with Crippen LogP contribution in [0.15, 0.2) is 42.5 Å². The second-order valence-electron chi connectivity index (χ2n) is 9.21. The smallest absolute Gasteiger partial charge is 0.236 e. The summed E-state index contributed by atoms with van der Waals surface area (Å²) in [7, 11) is 0. The van der Waals surface area contributed by atoms with E-state index < -0.39 is 23.8 Å². The van der Waals surface area contributed by atoms with E-state index in [1.54, 1.807) is 9.80 Å². The second-order valence-corrected chi connectivity index (χ2v) is 9.21. The number of carbonyl (C=O) groups is 2. The van der Waals surface area contributed by atoms with Gasteiger partial charge in [0.05, 0.1) is 25.2 Å². The molecule has 0 radical (unpaired) electrons. The molecule has 2 atom stereocenters. The Balaban J connectivity index is 1.62. The highest BCUT2D eigenvalue weighted by molar-refractivity contribution is 5.82. The minimum Gasteiger partial charge on any atom is -0.390 e. The number of hydrogen-bond acceptors (Lipinski definition) is 5. The lowest BCUT2D eigenvalue weighted by molar-refractivity contribution is -0.137. The highest BCUT2D eigenvalue weighted by Gasteiger charge is 2.27. The van der Waals surface area contributed by atoms with Crippen LogP contribution in [0, 0.1) is 11.6 Å². The van der Waals surface area contributed by atoms with Crippen molar-refractivity contribution in [1.82, 2.24) is 20.4 Å². The molecule has 2 aromatic rings. The van der Waals surface area contributed by atoms with E-state index in [4.69, 9.17) is 0 Å². The van der Waals surface area contributed by atoms with E-state index >= 15 is 0 Å². The van der Waals surface area contributed by atoms with Gasteiger partial charge in [0, 0.05) is 38.8 Å². The molecule has 9 heteroatoms. The maximum absolute atomic E-state index is 13.8. The van der Waals surface area contributed by atoms with Gasteiger partial charge in [0.25, 0.3) is 0 Å². The molecule has 0 aliphatic carbocycles. The first kappa shape index (κ1) is 27.7. The van der Waals surface area contributed by atoms with Crippen molar-refractivity contribution in [3.63, 3.8) is 0 Å². The Morgan fingerprint density at radius 2 is 1.78 bits per heavy atom. The van der Waals surface area contributed by atoms with Crippen molar-refractivity contribution in [2.75, 3.05) is 39.3 Å². The fraction of sp³-hybridized carbons (Fsp3) is 0.481. The molecule has 0 bridgehead atoms. The minimum absolute atomic E-state index is 0.00125. The van der Waals surface area contributed by atoms with Gasteiger partial charge in [0.15, 0.2) is 0 Å². The summed E-state index contributed by atoms with van der Waals surface area (Å²) in [5.74, 6) is -1.82. The van der Waals surface area contributed by atoms with Crippen LogP contribution in [0.4, 0.5) is 8.78 Å². The molecule has 7 nitrogen and oxygen atoms in total. The molecule has 1 aliphatic rings. The van der Waals surface area contributed by atoms with E-state index in [2.05, 4.69) is 29.7 Å². The number of carbonyl (C=O) groups excluding carboxylic acids is 2. The highest BCUT2D eigenvalue weighted by Crippen LogP contribution is 2.13. The molecule has 3 N–H and O–H groups in total. The summed E-state index contributed by atoms with van der Waals surface area (Å²) >= 11 is 0. The SMILES string of the molecule is CCc1cccc(CNCC(O)C(Cc2cc(F)cc(F)c2)NC(=O)CN2CCN(CC)C(=O)C2)c1. The number of aliphatic hydroxyl groups is 1. The Bertz CT molecular complexity index is 1020. The van der Waals surface area contributed by atoms with Gasteiger partial charge in [0.1, 0.15) is 11.6 Å². The first-order valence-electron chi connectivity index (χ1n) is 12.5. The van der Waals surface area contributed by atoms with Crippen LogP contribution >= 0.6 is 0 Å².